The van der Waals surface area contributed by atoms with Gasteiger partial charge in [-0.1, -0.05) is 38.1 Å². The minimum atomic E-state index is -0.518. The Morgan fingerprint density at radius 3 is 2.76 bits per heavy atom. The van der Waals surface area contributed by atoms with Crippen LogP contribution in [0.2, 0.25) is 0 Å². The van der Waals surface area contributed by atoms with Gasteiger partial charge in [-0.2, -0.15) is 0 Å². The zero-order valence-corrected chi connectivity index (χ0v) is 10.2. The van der Waals surface area contributed by atoms with E-state index in [1.165, 1.54) is 0 Å². The number of aromatic nitrogens is 1. The number of benzene rings is 1. The molecule has 0 fully saturated rings. The topological polar surface area (TPSA) is 45.1 Å². The molecule has 1 unspecified atom stereocenters. The number of hydrogen-bond acceptors (Lipinski definition) is 3. The lowest BCUT2D eigenvalue weighted by atomic mass is 10.0. The summed E-state index contributed by atoms with van der Waals surface area (Å²) in [6.45, 7) is 4.68. The number of pyridine rings is 1. The predicted octanol–water partition coefficient (Wildman–Crippen LogP) is 2.27. The van der Waals surface area contributed by atoms with E-state index >= 15 is 0 Å². The van der Waals surface area contributed by atoms with Crippen molar-refractivity contribution in [3.63, 3.8) is 0 Å². The minimum absolute atomic E-state index is 0.368. The highest BCUT2D eigenvalue weighted by Gasteiger charge is 2.11. The van der Waals surface area contributed by atoms with E-state index in [2.05, 4.69) is 24.1 Å². The van der Waals surface area contributed by atoms with Crippen molar-refractivity contribution in [1.29, 1.82) is 0 Å². The third kappa shape index (κ3) is 2.81. The molecule has 0 aliphatic heterocycles. The summed E-state index contributed by atoms with van der Waals surface area (Å²) in [4.78, 5) is 4.34. The number of fused-ring (bicyclic) bond motifs is 1. The second-order valence-corrected chi connectivity index (χ2v) is 4.50. The van der Waals surface area contributed by atoms with E-state index in [1.807, 2.05) is 30.3 Å². The van der Waals surface area contributed by atoms with Gasteiger partial charge in [0, 0.05) is 29.7 Å². The van der Waals surface area contributed by atoms with Crippen molar-refractivity contribution >= 4 is 10.9 Å². The predicted molar refractivity (Wildman–Crippen MR) is 69.8 cm³/mol. The maximum atomic E-state index is 10.2. The molecule has 3 nitrogen and oxygen atoms in total. The van der Waals surface area contributed by atoms with Gasteiger partial charge >= 0.3 is 0 Å². The van der Waals surface area contributed by atoms with E-state index in [9.17, 15) is 5.11 Å². The number of rotatable bonds is 4. The quantitative estimate of drug-likeness (QED) is 0.847. The average Bonchev–Trinajstić information content (AvgIpc) is 2.35. The summed E-state index contributed by atoms with van der Waals surface area (Å²) in [5.41, 5.74) is 1.77. The van der Waals surface area contributed by atoms with Crippen LogP contribution >= 0.6 is 0 Å². The molecule has 2 N–H and O–H groups in total. The van der Waals surface area contributed by atoms with Crippen molar-refractivity contribution in [2.75, 3.05) is 6.54 Å². The largest absolute Gasteiger partial charge is 0.387 e. The van der Waals surface area contributed by atoms with E-state index in [1.54, 1.807) is 6.20 Å². The summed E-state index contributed by atoms with van der Waals surface area (Å²) < 4.78 is 0. The fourth-order valence-corrected chi connectivity index (χ4v) is 1.85. The number of hydrogen-bond donors (Lipinski definition) is 2. The molecule has 2 aromatic rings. The Bertz CT molecular complexity index is 491. The number of nitrogens with one attached hydrogen (secondary N) is 1. The van der Waals surface area contributed by atoms with Gasteiger partial charge < -0.3 is 10.4 Å². The number of aliphatic hydroxyl groups excluding tert-OH is 1. The van der Waals surface area contributed by atoms with Gasteiger partial charge in [0.1, 0.15) is 0 Å². The van der Waals surface area contributed by atoms with Gasteiger partial charge in [0.05, 0.1) is 11.6 Å². The molecule has 0 saturated heterocycles. The normalized spacial score (nSPS) is 13.2. The highest BCUT2D eigenvalue weighted by molar-refractivity contribution is 5.81. The van der Waals surface area contributed by atoms with Gasteiger partial charge in [0.2, 0.25) is 0 Å². The van der Waals surface area contributed by atoms with Crippen LogP contribution in [0.5, 0.6) is 0 Å². The lowest BCUT2D eigenvalue weighted by Gasteiger charge is -2.15. The Balaban J connectivity index is 2.28. The van der Waals surface area contributed by atoms with Crippen LogP contribution in [-0.4, -0.2) is 22.7 Å². The Labute approximate surface area is 102 Å². The summed E-state index contributed by atoms with van der Waals surface area (Å²) >= 11 is 0. The van der Waals surface area contributed by atoms with E-state index in [-0.39, 0.29) is 0 Å². The molecule has 1 aromatic heterocycles. The molecule has 1 heterocycles. The van der Waals surface area contributed by atoms with Gasteiger partial charge in [-0.05, 0) is 6.07 Å². The van der Waals surface area contributed by atoms with E-state index in [0.717, 1.165) is 16.5 Å². The van der Waals surface area contributed by atoms with Gasteiger partial charge in [-0.3, -0.25) is 4.98 Å². The summed E-state index contributed by atoms with van der Waals surface area (Å²) in [5, 5.41) is 14.5. The van der Waals surface area contributed by atoms with Crippen molar-refractivity contribution in [2.45, 2.75) is 26.0 Å². The van der Waals surface area contributed by atoms with E-state index < -0.39 is 6.10 Å². The molecule has 0 spiro atoms. The number of aliphatic hydroxyl groups is 1. The zero-order valence-electron chi connectivity index (χ0n) is 10.2. The first-order valence-corrected chi connectivity index (χ1v) is 5.93. The maximum absolute atomic E-state index is 10.2. The lowest BCUT2D eigenvalue weighted by Crippen LogP contribution is -2.28. The molecule has 0 aliphatic carbocycles. The summed E-state index contributed by atoms with van der Waals surface area (Å²) in [6, 6.07) is 10.2. The van der Waals surface area contributed by atoms with Crippen molar-refractivity contribution in [3.8, 4) is 0 Å². The van der Waals surface area contributed by atoms with E-state index in [0.29, 0.717) is 12.6 Å². The Morgan fingerprint density at radius 2 is 2.00 bits per heavy atom. The number of para-hydroxylation sites is 1. The van der Waals surface area contributed by atoms with Crippen LogP contribution < -0.4 is 5.32 Å². The van der Waals surface area contributed by atoms with Crippen LogP contribution in [0.15, 0.2) is 36.5 Å². The van der Waals surface area contributed by atoms with Crippen LogP contribution in [0.25, 0.3) is 10.9 Å². The number of nitrogens with zero attached hydrogens (tertiary/aromatic N) is 1. The highest BCUT2D eigenvalue weighted by Crippen LogP contribution is 2.21. The fraction of sp³-hybridized carbons (Fsp3) is 0.357. The summed E-state index contributed by atoms with van der Waals surface area (Å²) in [6.07, 6.45) is 1.24. The molecule has 3 heteroatoms. The molecule has 0 saturated carbocycles. The third-order valence-corrected chi connectivity index (χ3v) is 2.74. The van der Waals surface area contributed by atoms with Crippen LogP contribution in [0.3, 0.4) is 0 Å². The smallest absolute Gasteiger partial charge is 0.0935 e. The molecule has 0 bridgehead atoms. The molecule has 17 heavy (non-hydrogen) atoms. The second kappa shape index (κ2) is 5.25. The van der Waals surface area contributed by atoms with Gasteiger partial charge in [-0.25, -0.2) is 0 Å². The first-order chi connectivity index (χ1) is 8.18. The van der Waals surface area contributed by atoms with Crippen molar-refractivity contribution < 1.29 is 5.11 Å². The monoisotopic (exact) mass is 230 g/mol. The highest BCUT2D eigenvalue weighted by atomic mass is 16.3. The second-order valence-electron chi connectivity index (χ2n) is 4.50. The Morgan fingerprint density at radius 1 is 1.24 bits per heavy atom. The van der Waals surface area contributed by atoms with Crippen LogP contribution in [0, 0.1) is 0 Å². The standard InChI is InChI=1S/C14H18N2O/c1-10(2)16-9-13(17)12-7-3-5-11-6-4-8-15-14(11)12/h3-8,10,13,16-17H,9H2,1-2H3. The zero-order chi connectivity index (χ0) is 12.3. The fourth-order valence-electron chi connectivity index (χ4n) is 1.85. The molecule has 1 aromatic carbocycles. The minimum Gasteiger partial charge on any atom is -0.387 e. The van der Waals surface area contributed by atoms with Gasteiger partial charge in [0.15, 0.2) is 0 Å². The molecule has 0 aliphatic rings. The Kier molecular flexibility index (Phi) is 3.71. The molecule has 0 radical (unpaired) electrons. The summed E-state index contributed by atoms with van der Waals surface area (Å²) in [7, 11) is 0. The molecular weight excluding hydrogens is 212 g/mol. The molecule has 90 valence electrons. The van der Waals surface area contributed by atoms with E-state index in [4.69, 9.17) is 0 Å². The molecular formula is C14H18N2O. The van der Waals surface area contributed by atoms with Crippen molar-refractivity contribution in [2.24, 2.45) is 0 Å². The van der Waals surface area contributed by atoms with Gasteiger partial charge in [0.25, 0.3) is 0 Å². The molecule has 2 rings (SSSR count). The van der Waals surface area contributed by atoms with Crippen molar-refractivity contribution in [1.82, 2.24) is 10.3 Å². The summed E-state index contributed by atoms with van der Waals surface area (Å²) in [5.74, 6) is 0. The first kappa shape index (κ1) is 12.0. The third-order valence-electron chi connectivity index (χ3n) is 2.74. The van der Waals surface area contributed by atoms with Crippen LogP contribution in [-0.2, 0) is 0 Å². The van der Waals surface area contributed by atoms with Crippen LogP contribution in [0.1, 0.15) is 25.5 Å². The molecule has 1 atom stereocenters. The molecule has 0 amide bonds. The average molecular weight is 230 g/mol. The Hall–Kier alpha value is -1.45. The van der Waals surface area contributed by atoms with Gasteiger partial charge in [-0.15, -0.1) is 0 Å². The maximum Gasteiger partial charge on any atom is 0.0935 e. The first-order valence-electron chi connectivity index (χ1n) is 5.93. The lowest BCUT2D eigenvalue weighted by molar-refractivity contribution is 0.173. The van der Waals surface area contributed by atoms with Crippen molar-refractivity contribution in [3.05, 3.63) is 42.1 Å². The van der Waals surface area contributed by atoms with Crippen LogP contribution in [0.4, 0.5) is 0 Å². The SMILES string of the molecule is CC(C)NCC(O)c1cccc2cccnc12.